The molecule has 0 aliphatic rings. The summed E-state index contributed by atoms with van der Waals surface area (Å²) in [7, 11) is -2.63. The molecule has 2 aromatic carbocycles. The van der Waals surface area contributed by atoms with Gasteiger partial charge in [-0.1, -0.05) is 29.3 Å². The zero-order valence-corrected chi connectivity index (χ0v) is 16.3. The van der Waals surface area contributed by atoms with E-state index in [4.69, 9.17) is 21.1 Å². The molecule has 0 unspecified atom stereocenters. The quantitative estimate of drug-likeness (QED) is 0.669. The smallest absolute Gasteiger partial charge is 0.326 e. The molecule has 26 heavy (non-hydrogen) atoms. The van der Waals surface area contributed by atoms with Gasteiger partial charge in [0.2, 0.25) is 0 Å². The van der Waals surface area contributed by atoms with E-state index in [1.165, 1.54) is 25.3 Å². The standard InChI is InChI=1S/C18H20ClNO5S/c1-4-25-18(21)12-20(16-11-14(19)7-10-17(16)24-3)26(22,23)15-8-5-13(2)6-9-15/h5-11H,4,12H2,1-3H3. The monoisotopic (exact) mass is 397 g/mol. The molecule has 0 aromatic heterocycles. The number of aryl methyl sites for hydroxylation is 1. The maximum absolute atomic E-state index is 13.2. The van der Waals surface area contributed by atoms with Crippen LogP contribution >= 0.6 is 11.6 Å². The van der Waals surface area contributed by atoms with Crippen molar-refractivity contribution in [1.82, 2.24) is 0 Å². The van der Waals surface area contributed by atoms with Crippen LogP contribution < -0.4 is 9.04 Å². The van der Waals surface area contributed by atoms with Crippen LogP contribution in [0.4, 0.5) is 5.69 Å². The van der Waals surface area contributed by atoms with Gasteiger partial charge in [0.15, 0.2) is 0 Å². The number of esters is 1. The minimum Gasteiger partial charge on any atom is -0.495 e. The lowest BCUT2D eigenvalue weighted by molar-refractivity contribution is -0.141. The van der Waals surface area contributed by atoms with Gasteiger partial charge in [-0.15, -0.1) is 0 Å². The van der Waals surface area contributed by atoms with Crippen molar-refractivity contribution < 1.29 is 22.7 Å². The van der Waals surface area contributed by atoms with Crippen molar-refractivity contribution in [3.63, 3.8) is 0 Å². The molecule has 2 aromatic rings. The summed E-state index contributed by atoms with van der Waals surface area (Å²) in [6, 6.07) is 10.9. The topological polar surface area (TPSA) is 72.9 Å². The largest absolute Gasteiger partial charge is 0.495 e. The van der Waals surface area contributed by atoms with Crippen molar-refractivity contribution in [3.05, 3.63) is 53.1 Å². The molecule has 2 rings (SSSR count). The fourth-order valence-electron chi connectivity index (χ4n) is 2.32. The third-order valence-electron chi connectivity index (χ3n) is 3.60. The summed E-state index contributed by atoms with van der Waals surface area (Å²) in [5.74, 6) is -0.403. The van der Waals surface area contributed by atoms with Crippen molar-refractivity contribution in [2.45, 2.75) is 18.7 Å². The maximum atomic E-state index is 13.2. The predicted molar refractivity (Wildman–Crippen MR) is 100 cm³/mol. The Labute approximate surface area is 158 Å². The van der Waals surface area contributed by atoms with Gasteiger partial charge in [-0.25, -0.2) is 8.42 Å². The third-order valence-corrected chi connectivity index (χ3v) is 5.61. The van der Waals surface area contributed by atoms with E-state index in [0.29, 0.717) is 5.02 Å². The van der Waals surface area contributed by atoms with E-state index in [1.54, 1.807) is 31.2 Å². The summed E-state index contributed by atoms with van der Waals surface area (Å²) < 4.78 is 37.5. The minimum atomic E-state index is -4.04. The Kier molecular flexibility index (Phi) is 6.50. The van der Waals surface area contributed by atoms with Gasteiger partial charge in [-0.3, -0.25) is 9.10 Å². The van der Waals surface area contributed by atoms with Crippen LogP contribution in [0.1, 0.15) is 12.5 Å². The summed E-state index contributed by atoms with van der Waals surface area (Å²) in [4.78, 5) is 12.1. The molecule has 0 radical (unpaired) electrons. The van der Waals surface area contributed by atoms with E-state index in [0.717, 1.165) is 9.87 Å². The molecule has 140 valence electrons. The number of hydrogen-bond acceptors (Lipinski definition) is 5. The highest BCUT2D eigenvalue weighted by molar-refractivity contribution is 7.92. The SMILES string of the molecule is CCOC(=O)CN(c1cc(Cl)ccc1OC)S(=O)(=O)c1ccc(C)cc1. The van der Waals surface area contributed by atoms with Crippen molar-refractivity contribution in [2.24, 2.45) is 0 Å². The first-order valence-corrected chi connectivity index (χ1v) is 9.70. The summed E-state index contributed by atoms with van der Waals surface area (Å²) in [6.07, 6.45) is 0. The van der Waals surface area contributed by atoms with E-state index < -0.39 is 22.5 Å². The number of nitrogens with zero attached hydrogens (tertiary/aromatic N) is 1. The number of sulfonamides is 1. The number of hydrogen-bond donors (Lipinski definition) is 0. The van der Waals surface area contributed by atoms with Crippen molar-refractivity contribution >= 4 is 33.3 Å². The number of rotatable bonds is 7. The summed E-state index contributed by atoms with van der Waals surface area (Å²) in [5.41, 5.74) is 1.08. The lowest BCUT2D eigenvalue weighted by atomic mass is 10.2. The fourth-order valence-corrected chi connectivity index (χ4v) is 3.90. The highest BCUT2D eigenvalue weighted by Crippen LogP contribution is 2.34. The third kappa shape index (κ3) is 4.47. The van der Waals surface area contributed by atoms with Crippen molar-refractivity contribution in [3.8, 4) is 5.75 Å². The van der Waals surface area contributed by atoms with Crippen LogP contribution in [-0.2, 0) is 19.6 Å². The van der Waals surface area contributed by atoms with Crippen LogP contribution in [0.15, 0.2) is 47.4 Å². The number of carbonyl (C=O) groups excluding carboxylic acids is 1. The number of halogens is 1. The Bertz CT molecular complexity index is 881. The molecular formula is C18H20ClNO5S. The molecular weight excluding hydrogens is 378 g/mol. The molecule has 0 saturated carbocycles. The van der Waals surface area contributed by atoms with Gasteiger partial charge < -0.3 is 9.47 Å². The first-order valence-electron chi connectivity index (χ1n) is 7.88. The molecule has 0 aliphatic heterocycles. The molecule has 0 fully saturated rings. The molecule has 8 heteroatoms. The highest BCUT2D eigenvalue weighted by Gasteiger charge is 2.30. The molecule has 0 heterocycles. The van der Waals surface area contributed by atoms with Gasteiger partial charge in [0, 0.05) is 5.02 Å². The number of anilines is 1. The molecule has 0 bridgehead atoms. The summed E-state index contributed by atoms with van der Waals surface area (Å²) in [5, 5.41) is 0.314. The Hall–Kier alpha value is -2.25. The van der Waals surface area contributed by atoms with Gasteiger partial charge in [0.05, 0.1) is 24.3 Å². The normalized spacial score (nSPS) is 11.1. The predicted octanol–water partition coefficient (Wildman–Crippen LogP) is 3.42. The summed E-state index contributed by atoms with van der Waals surface area (Å²) in [6.45, 7) is 3.15. The molecule has 0 aliphatic carbocycles. The van der Waals surface area contributed by atoms with E-state index in [9.17, 15) is 13.2 Å². The average Bonchev–Trinajstić information content (AvgIpc) is 2.60. The Balaban J connectivity index is 2.59. The van der Waals surface area contributed by atoms with Gasteiger partial charge in [-0.05, 0) is 44.2 Å². The van der Waals surface area contributed by atoms with Gasteiger partial charge in [-0.2, -0.15) is 0 Å². The second kappa shape index (κ2) is 8.42. The minimum absolute atomic E-state index is 0.0504. The second-order valence-corrected chi connectivity index (χ2v) is 7.74. The molecule has 0 N–H and O–H groups in total. The van der Waals surface area contributed by atoms with Crippen LogP contribution in [-0.4, -0.2) is 34.6 Å². The molecule has 0 spiro atoms. The second-order valence-electron chi connectivity index (χ2n) is 5.45. The van der Waals surface area contributed by atoms with Crippen LogP contribution in [0.5, 0.6) is 5.75 Å². The summed E-state index contributed by atoms with van der Waals surface area (Å²) >= 11 is 6.04. The average molecular weight is 398 g/mol. The van der Waals surface area contributed by atoms with E-state index in [-0.39, 0.29) is 22.9 Å². The van der Waals surface area contributed by atoms with Crippen LogP contribution in [0.25, 0.3) is 0 Å². The van der Waals surface area contributed by atoms with Crippen LogP contribution in [0, 0.1) is 6.92 Å². The zero-order valence-electron chi connectivity index (χ0n) is 14.7. The fraction of sp³-hybridized carbons (Fsp3) is 0.278. The van der Waals surface area contributed by atoms with Crippen LogP contribution in [0.3, 0.4) is 0 Å². The number of methoxy groups -OCH3 is 1. The van der Waals surface area contributed by atoms with Gasteiger partial charge in [0.1, 0.15) is 12.3 Å². The van der Waals surface area contributed by atoms with E-state index >= 15 is 0 Å². The van der Waals surface area contributed by atoms with Crippen LogP contribution in [0.2, 0.25) is 5.02 Å². The number of carbonyl (C=O) groups is 1. The molecule has 6 nitrogen and oxygen atoms in total. The number of benzene rings is 2. The van der Waals surface area contributed by atoms with E-state index in [1.807, 2.05) is 6.92 Å². The van der Waals surface area contributed by atoms with Crippen molar-refractivity contribution in [2.75, 3.05) is 24.6 Å². The Morgan fingerprint density at radius 2 is 1.81 bits per heavy atom. The maximum Gasteiger partial charge on any atom is 0.326 e. The first kappa shape index (κ1) is 20.1. The van der Waals surface area contributed by atoms with Gasteiger partial charge in [0.25, 0.3) is 10.0 Å². The Morgan fingerprint density at radius 3 is 2.38 bits per heavy atom. The lowest BCUT2D eigenvalue weighted by Gasteiger charge is -2.25. The number of ether oxygens (including phenoxy) is 2. The molecule has 0 saturated heterocycles. The first-order chi connectivity index (χ1) is 12.3. The molecule has 0 amide bonds. The highest BCUT2D eigenvalue weighted by atomic mass is 35.5. The zero-order chi connectivity index (χ0) is 19.3. The van der Waals surface area contributed by atoms with E-state index in [2.05, 4.69) is 0 Å². The van der Waals surface area contributed by atoms with Crippen molar-refractivity contribution in [1.29, 1.82) is 0 Å². The molecule has 0 atom stereocenters. The van der Waals surface area contributed by atoms with Gasteiger partial charge >= 0.3 is 5.97 Å². The Morgan fingerprint density at radius 1 is 1.15 bits per heavy atom. The lowest BCUT2D eigenvalue weighted by Crippen LogP contribution is -2.37.